The standard InChI is InChI=1S/C20H28/c1-14(2)19-9-16-8-17(10-19)12-20(11-16,13-19)18-6-4-15(3)5-7-18/h4-7,14,16-17H,8-13H2,1-3H3/t16-,17+,19?,20?. The second-order valence-electron chi connectivity index (χ2n) is 8.62. The molecule has 1 aromatic carbocycles. The number of hydrogen-bond acceptors (Lipinski definition) is 0. The summed E-state index contributed by atoms with van der Waals surface area (Å²) in [6, 6.07) is 9.54. The Labute approximate surface area is 124 Å². The van der Waals surface area contributed by atoms with Gasteiger partial charge in [0.2, 0.25) is 0 Å². The van der Waals surface area contributed by atoms with Gasteiger partial charge in [-0.2, -0.15) is 0 Å². The van der Waals surface area contributed by atoms with Crippen LogP contribution in [0.3, 0.4) is 0 Å². The normalized spacial score (nSPS) is 42.4. The third kappa shape index (κ3) is 1.73. The fourth-order valence-corrected chi connectivity index (χ4v) is 6.25. The Hall–Kier alpha value is -0.780. The van der Waals surface area contributed by atoms with Gasteiger partial charge in [-0.15, -0.1) is 0 Å². The van der Waals surface area contributed by atoms with Crippen LogP contribution in [0.5, 0.6) is 0 Å². The maximum absolute atomic E-state index is 2.48. The van der Waals surface area contributed by atoms with E-state index in [1.165, 1.54) is 44.1 Å². The van der Waals surface area contributed by atoms with Crippen molar-refractivity contribution in [2.24, 2.45) is 23.2 Å². The van der Waals surface area contributed by atoms with Crippen molar-refractivity contribution in [1.29, 1.82) is 0 Å². The lowest BCUT2D eigenvalue weighted by Crippen LogP contribution is -2.55. The molecular formula is C20H28. The highest BCUT2D eigenvalue weighted by Crippen LogP contribution is 2.67. The summed E-state index contributed by atoms with van der Waals surface area (Å²) >= 11 is 0. The predicted molar refractivity (Wildman–Crippen MR) is 84.8 cm³/mol. The van der Waals surface area contributed by atoms with Crippen LogP contribution in [0.25, 0.3) is 0 Å². The van der Waals surface area contributed by atoms with Gasteiger partial charge in [-0.05, 0) is 79.6 Å². The van der Waals surface area contributed by atoms with Gasteiger partial charge >= 0.3 is 0 Å². The molecule has 0 amide bonds. The van der Waals surface area contributed by atoms with Crippen molar-refractivity contribution in [1.82, 2.24) is 0 Å². The van der Waals surface area contributed by atoms with E-state index >= 15 is 0 Å². The third-order valence-electron chi connectivity index (χ3n) is 7.00. The Morgan fingerprint density at radius 1 is 0.950 bits per heavy atom. The van der Waals surface area contributed by atoms with E-state index in [0.717, 1.165) is 17.8 Å². The third-order valence-corrected chi connectivity index (χ3v) is 7.00. The maximum Gasteiger partial charge on any atom is -0.00363 e. The molecule has 4 aliphatic carbocycles. The number of aryl methyl sites for hydroxylation is 1. The van der Waals surface area contributed by atoms with E-state index in [2.05, 4.69) is 45.0 Å². The van der Waals surface area contributed by atoms with E-state index in [1.54, 1.807) is 5.56 Å². The molecular weight excluding hydrogens is 240 g/mol. The van der Waals surface area contributed by atoms with E-state index in [-0.39, 0.29) is 0 Å². The average molecular weight is 268 g/mol. The van der Waals surface area contributed by atoms with Gasteiger partial charge in [0.05, 0.1) is 0 Å². The molecule has 4 atom stereocenters. The zero-order chi connectivity index (χ0) is 14.0. The van der Waals surface area contributed by atoms with Crippen LogP contribution in [-0.4, -0.2) is 0 Å². The van der Waals surface area contributed by atoms with Gasteiger partial charge < -0.3 is 0 Å². The van der Waals surface area contributed by atoms with E-state index in [9.17, 15) is 0 Å². The van der Waals surface area contributed by atoms with Gasteiger partial charge in [0.25, 0.3) is 0 Å². The molecule has 0 saturated heterocycles. The highest BCUT2D eigenvalue weighted by atomic mass is 14.6. The Morgan fingerprint density at radius 2 is 1.55 bits per heavy atom. The zero-order valence-electron chi connectivity index (χ0n) is 13.3. The molecule has 1 aromatic rings. The average Bonchev–Trinajstić information content (AvgIpc) is 2.37. The predicted octanol–water partition coefficient (Wildman–Crippen LogP) is 5.49. The minimum absolute atomic E-state index is 0.530. The molecule has 4 aliphatic rings. The van der Waals surface area contributed by atoms with Crippen LogP contribution in [-0.2, 0) is 5.41 Å². The summed E-state index contributed by atoms with van der Waals surface area (Å²) in [5.74, 6) is 2.89. The van der Waals surface area contributed by atoms with Crippen LogP contribution in [0.1, 0.15) is 63.5 Å². The van der Waals surface area contributed by atoms with Crippen molar-refractivity contribution in [3.05, 3.63) is 35.4 Å². The Balaban J connectivity index is 1.77. The van der Waals surface area contributed by atoms with E-state index in [1.807, 2.05) is 0 Å². The summed E-state index contributed by atoms with van der Waals surface area (Å²) in [6.07, 6.45) is 8.99. The van der Waals surface area contributed by atoms with Gasteiger partial charge in [-0.25, -0.2) is 0 Å². The van der Waals surface area contributed by atoms with E-state index < -0.39 is 0 Å². The first-order chi connectivity index (χ1) is 9.51. The molecule has 0 spiro atoms. The molecule has 0 heterocycles. The molecule has 0 heteroatoms. The van der Waals surface area contributed by atoms with Crippen molar-refractivity contribution in [2.75, 3.05) is 0 Å². The first-order valence-electron chi connectivity index (χ1n) is 8.59. The number of hydrogen-bond donors (Lipinski definition) is 0. The Morgan fingerprint density at radius 3 is 2.10 bits per heavy atom. The minimum Gasteiger partial charge on any atom is -0.0622 e. The molecule has 0 radical (unpaired) electrons. The summed E-state index contributed by atoms with van der Waals surface area (Å²) in [5.41, 5.74) is 4.25. The van der Waals surface area contributed by atoms with Crippen molar-refractivity contribution < 1.29 is 0 Å². The molecule has 4 saturated carbocycles. The second-order valence-corrected chi connectivity index (χ2v) is 8.62. The van der Waals surface area contributed by atoms with Gasteiger partial charge in [0.15, 0.2) is 0 Å². The SMILES string of the molecule is Cc1ccc(C23C[C@H]4C[C@@H](C2)CC(C(C)C)(C4)C3)cc1. The van der Waals surface area contributed by atoms with Gasteiger partial charge in [0, 0.05) is 0 Å². The van der Waals surface area contributed by atoms with Crippen LogP contribution >= 0.6 is 0 Å². The molecule has 0 nitrogen and oxygen atoms in total. The lowest BCUT2D eigenvalue weighted by atomic mass is 9.41. The van der Waals surface area contributed by atoms with Crippen LogP contribution in [0, 0.1) is 30.1 Å². The molecule has 4 bridgehead atoms. The topological polar surface area (TPSA) is 0 Å². The lowest BCUT2D eigenvalue weighted by molar-refractivity contribution is -0.0961. The first kappa shape index (κ1) is 12.9. The van der Waals surface area contributed by atoms with Gasteiger partial charge in [0.1, 0.15) is 0 Å². The van der Waals surface area contributed by atoms with Crippen molar-refractivity contribution in [3.8, 4) is 0 Å². The van der Waals surface area contributed by atoms with E-state index in [0.29, 0.717) is 10.8 Å². The van der Waals surface area contributed by atoms with Crippen LogP contribution in [0.4, 0.5) is 0 Å². The molecule has 0 N–H and O–H groups in total. The highest BCUT2D eigenvalue weighted by Gasteiger charge is 2.58. The fourth-order valence-electron chi connectivity index (χ4n) is 6.25. The maximum atomic E-state index is 2.48. The van der Waals surface area contributed by atoms with Crippen LogP contribution < -0.4 is 0 Å². The molecule has 2 unspecified atom stereocenters. The summed E-state index contributed by atoms with van der Waals surface area (Å²) in [7, 11) is 0. The quantitative estimate of drug-likeness (QED) is 0.665. The smallest absolute Gasteiger partial charge is 0.00363 e. The minimum atomic E-state index is 0.530. The van der Waals surface area contributed by atoms with Gasteiger partial charge in [-0.1, -0.05) is 43.7 Å². The second kappa shape index (κ2) is 4.12. The first-order valence-corrected chi connectivity index (χ1v) is 8.59. The highest BCUT2D eigenvalue weighted by molar-refractivity contribution is 5.32. The van der Waals surface area contributed by atoms with E-state index in [4.69, 9.17) is 0 Å². The van der Waals surface area contributed by atoms with Crippen molar-refractivity contribution in [2.45, 2.75) is 64.7 Å². The Bertz CT molecular complexity index is 493. The molecule has 5 rings (SSSR count). The number of rotatable bonds is 2. The largest absolute Gasteiger partial charge is 0.0622 e. The monoisotopic (exact) mass is 268 g/mol. The van der Waals surface area contributed by atoms with Gasteiger partial charge in [-0.3, -0.25) is 0 Å². The van der Waals surface area contributed by atoms with Crippen LogP contribution in [0.2, 0.25) is 0 Å². The Kier molecular flexibility index (Phi) is 2.66. The summed E-state index contributed by atoms with van der Waals surface area (Å²) in [6.45, 7) is 7.17. The molecule has 108 valence electrons. The molecule has 0 aromatic heterocycles. The number of benzene rings is 1. The van der Waals surface area contributed by atoms with Crippen molar-refractivity contribution in [3.63, 3.8) is 0 Å². The van der Waals surface area contributed by atoms with Crippen LogP contribution in [0.15, 0.2) is 24.3 Å². The molecule has 4 fully saturated rings. The summed E-state index contributed by atoms with van der Waals surface area (Å²) in [5, 5.41) is 0. The summed E-state index contributed by atoms with van der Waals surface area (Å²) < 4.78 is 0. The van der Waals surface area contributed by atoms with Crippen molar-refractivity contribution >= 4 is 0 Å². The zero-order valence-corrected chi connectivity index (χ0v) is 13.3. The lowest BCUT2D eigenvalue weighted by Gasteiger charge is -2.64. The summed E-state index contributed by atoms with van der Waals surface area (Å²) in [4.78, 5) is 0. The molecule has 20 heavy (non-hydrogen) atoms. The fraction of sp³-hybridized carbons (Fsp3) is 0.700. The molecule has 0 aliphatic heterocycles.